The van der Waals surface area contributed by atoms with Crippen LogP contribution in [0.15, 0.2) is 30.9 Å². The van der Waals surface area contributed by atoms with Crippen LogP contribution in [0.1, 0.15) is 6.42 Å². The molecule has 0 aliphatic rings. The highest BCUT2D eigenvalue weighted by Gasteiger charge is 2.10. The molecule has 2 aromatic rings. The summed E-state index contributed by atoms with van der Waals surface area (Å²) in [5.41, 5.74) is -0.155. The van der Waals surface area contributed by atoms with Crippen molar-refractivity contribution in [3.63, 3.8) is 0 Å². The molecule has 0 spiro atoms. The number of imidazole rings is 1. The molecule has 2 rings (SSSR count). The van der Waals surface area contributed by atoms with E-state index in [-0.39, 0.29) is 5.69 Å². The number of rotatable bonds is 5. The van der Waals surface area contributed by atoms with Crippen molar-refractivity contribution in [2.75, 3.05) is 11.9 Å². The third-order valence-corrected chi connectivity index (χ3v) is 2.46. The molecule has 0 radical (unpaired) electrons. The van der Waals surface area contributed by atoms with E-state index in [1.54, 1.807) is 12.5 Å². The number of aryl methyl sites for hydroxylation is 1. The van der Waals surface area contributed by atoms with Crippen LogP contribution in [0.5, 0.6) is 0 Å². The molecule has 0 aliphatic heterocycles. The largest absolute Gasteiger partial charge is 0.382 e. The quantitative estimate of drug-likeness (QED) is 0.657. The van der Waals surface area contributed by atoms with Crippen molar-refractivity contribution in [2.45, 2.75) is 13.0 Å². The van der Waals surface area contributed by atoms with Gasteiger partial charge in [0.2, 0.25) is 0 Å². The summed E-state index contributed by atoms with van der Waals surface area (Å²) in [6, 6.07) is 1.46. The van der Waals surface area contributed by atoms with Crippen LogP contribution in [-0.4, -0.2) is 16.1 Å². The minimum absolute atomic E-state index is 0.155. The first-order valence-electron chi connectivity index (χ1n) is 5.51. The molecule has 1 heterocycles. The van der Waals surface area contributed by atoms with Crippen LogP contribution < -0.4 is 5.32 Å². The third-order valence-electron chi connectivity index (χ3n) is 2.46. The highest BCUT2D eigenvalue weighted by molar-refractivity contribution is 5.45. The molecule has 1 N–H and O–H groups in total. The van der Waals surface area contributed by atoms with Crippen molar-refractivity contribution in [3.8, 4) is 0 Å². The van der Waals surface area contributed by atoms with Crippen LogP contribution >= 0.6 is 0 Å². The smallest absolute Gasteiger partial charge is 0.182 e. The van der Waals surface area contributed by atoms with Crippen molar-refractivity contribution in [1.82, 2.24) is 9.55 Å². The second kappa shape index (κ2) is 5.57. The van der Waals surface area contributed by atoms with Gasteiger partial charge in [0.1, 0.15) is 5.82 Å². The van der Waals surface area contributed by atoms with Gasteiger partial charge < -0.3 is 9.88 Å². The number of nitrogens with zero attached hydrogens (tertiary/aromatic N) is 2. The standard InChI is InChI=1S/C12H12F3N3/c13-9-6-10(14)12(15)11(7-9)17-2-1-4-18-5-3-16-8-18/h3,5-8,17H,1-2,4H2. The van der Waals surface area contributed by atoms with E-state index < -0.39 is 17.5 Å². The average molecular weight is 255 g/mol. The molecule has 0 unspecified atom stereocenters. The first kappa shape index (κ1) is 12.5. The van der Waals surface area contributed by atoms with Gasteiger partial charge in [-0.2, -0.15) is 0 Å². The Morgan fingerprint density at radius 1 is 1.22 bits per heavy atom. The molecular weight excluding hydrogens is 243 g/mol. The Kier molecular flexibility index (Phi) is 3.86. The molecule has 0 aliphatic carbocycles. The SMILES string of the molecule is Fc1cc(F)c(F)c(NCCCn2ccnc2)c1. The fraction of sp³-hybridized carbons (Fsp3) is 0.250. The topological polar surface area (TPSA) is 29.9 Å². The zero-order chi connectivity index (χ0) is 13.0. The molecular formula is C12H12F3N3. The van der Waals surface area contributed by atoms with Gasteiger partial charge in [-0.3, -0.25) is 0 Å². The van der Waals surface area contributed by atoms with Crippen molar-refractivity contribution >= 4 is 5.69 Å². The maximum Gasteiger partial charge on any atom is 0.182 e. The molecule has 0 amide bonds. The van der Waals surface area contributed by atoms with Gasteiger partial charge in [-0.05, 0) is 6.42 Å². The van der Waals surface area contributed by atoms with Gasteiger partial charge in [0, 0.05) is 37.6 Å². The lowest BCUT2D eigenvalue weighted by Gasteiger charge is -2.08. The van der Waals surface area contributed by atoms with Gasteiger partial charge in [0.25, 0.3) is 0 Å². The Balaban J connectivity index is 1.86. The molecule has 0 bridgehead atoms. The number of benzene rings is 1. The van der Waals surface area contributed by atoms with Gasteiger partial charge in [-0.15, -0.1) is 0 Å². The number of nitrogens with one attached hydrogen (secondary N) is 1. The van der Waals surface area contributed by atoms with E-state index in [1.807, 2.05) is 10.8 Å². The Bertz CT molecular complexity index is 512. The molecule has 0 saturated heterocycles. The monoisotopic (exact) mass is 255 g/mol. The second-order valence-electron chi connectivity index (χ2n) is 3.83. The zero-order valence-electron chi connectivity index (χ0n) is 9.54. The lowest BCUT2D eigenvalue weighted by atomic mass is 10.2. The fourth-order valence-corrected chi connectivity index (χ4v) is 1.59. The van der Waals surface area contributed by atoms with Crippen LogP contribution in [0.4, 0.5) is 18.9 Å². The molecule has 0 fully saturated rings. The minimum atomic E-state index is -1.19. The summed E-state index contributed by atoms with van der Waals surface area (Å²) in [5, 5.41) is 2.67. The van der Waals surface area contributed by atoms with E-state index in [0.717, 1.165) is 6.07 Å². The molecule has 6 heteroatoms. The molecule has 3 nitrogen and oxygen atoms in total. The molecule has 1 aromatic heterocycles. The van der Waals surface area contributed by atoms with Crippen LogP contribution in [0.2, 0.25) is 0 Å². The molecule has 18 heavy (non-hydrogen) atoms. The van der Waals surface area contributed by atoms with Crippen molar-refractivity contribution < 1.29 is 13.2 Å². The minimum Gasteiger partial charge on any atom is -0.382 e. The van der Waals surface area contributed by atoms with Gasteiger partial charge in [0.15, 0.2) is 11.6 Å². The summed E-state index contributed by atoms with van der Waals surface area (Å²) in [6.45, 7) is 1.12. The van der Waals surface area contributed by atoms with E-state index in [9.17, 15) is 13.2 Å². The predicted octanol–water partition coefficient (Wildman–Crippen LogP) is 2.80. The summed E-state index contributed by atoms with van der Waals surface area (Å²) in [4.78, 5) is 3.88. The number of hydrogen-bond donors (Lipinski definition) is 1. The Morgan fingerprint density at radius 2 is 2.06 bits per heavy atom. The van der Waals surface area contributed by atoms with Gasteiger partial charge in [0.05, 0.1) is 12.0 Å². The van der Waals surface area contributed by atoms with E-state index in [1.165, 1.54) is 0 Å². The van der Waals surface area contributed by atoms with E-state index in [4.69, 9.17) is 0 Å². The average Bonchev–Trinajstić information content (AvgIpc) is 2.83. The highest BCUT2D eigenvalue weighted by Crippen LogP contribution is 2.18. The molecule has 0 saturated carbocycles. The second-order valence-corrected chi connectivity index (χ2v) is 3.83. The van der Waals surface area contributed by atoms with Crippen LogP contribution in [-0.2, 0) is 6.54 Å². The Hall–Kier alpha value is -1.98. The summed E-state index contributed by atoms with van der Waals surface area (Å²) in [6.07, 6.45) is 5.83. The van der Waals surface area contributed by atoms with Crippen LogP contribution in [0.3, 0.4) is 0 Å². The zero-order valence-corrected chi connectivity index (χ0v) is 9.54. The van der Waals surface area contributed by atoms with Gasteiger partial charge in [-0.1, -0.05) is 0 Å². The molecule has 0 atom stereocenters. The number of halogens is 3. The van der Waals surface area contributed by atoms with Crippen LogP contribution in [0, 0.1) is 17.5 Å². The summed E-state index contributed by atoms with van der Waals surface area (Å²) < 4.78 is 40.9. The van der Waals surface area contributed by atoms with Gasteiger partial charge >= 0.3 is 0 Å². The number of hydrogen-bond acceptors (Lipinski definition) is 2. The Morgan fingerprint density at radius 3 is 2.78 bits per heavy atom. The van der Waals surface area contributed by atoms with Crippen molar-refractivity contribution in [2.24, 2.45) is 0 Å². The fourth-order valence-electron chi connectivity index (χ4n) is 1.59. The van der Waals surface area contributed by atoms with Crippen molar-refractivity contribution in [1.29, 1.82) is 0 Å². The maximum atomic E-state index is 13.3. The first-order chi connectivity index (χ1) is 8.66. The van der Waals surface area contributed by atoms with Gasteiger partial charge in [-0.25, -0.2) is 18.2 Å². The summed E-state index contributed by atoms with van der Waals surface area (Å²) in [5.74, 6) is -3.04. The highest BCUT2D eigenvalue weighted by atomic mass is 19.2. The number of aromatic nitrogens is 2. The normalized spacial score (nSPS) is 10.6. The lowest BCUT2D eigenvalue weighted by Crippen LogP contribution is -2.08. The number of anilines is 1. The van der Waals surface area contributed by atoms with E-state index in [2.05, 4.69) is 10.3 Å². The maximum absolute atomic E-state index is 13.3. The lowest BCUT2D eigenvalue weighted by molar-refractivity contribution is 0.497. The summed E-state index contributed by atoms with van der Waals surface area (Å²) >= 11 is 0. The molecule has 96 valence electrons. The van der Waals surface area contributed by atoms with Crippen LogP contribution in [0.25, 0.3) is 0 Å². The predicted molar refractivity (Wildman–Crippen MR) is 61.6 cm³/mol. The van der Waals surface area contributed by atoms with E-state index >= 15 is 0 Å². The Labute approximate surface area is 102 Å². The molecule has 1 aromatic carbocycles. The van der Waals surface area contributed by atoms with E-state index in [0.29, 0.717) is 25.6 Å². The summed E-state index contributed by atoms with van der Waals surface area (Å²) in [7, 11) is 0. The third kappa shape index (κ3) is 3.03. The first-order valence-corrected chi connectivity index (χ1v) is 5.51. The van der Waals surface area contributed by atoms with Crippen molar-refractivity contribution in [3.05, 3.63) is 48.3 Å².